The summed E-state index contributed by atoms with van der Waals surface area (Å²) < 4.78 is 50.8. The fourth-order valence-electron chi connectivity index (χ4n) is 1.67. The summed E-state index contributed by atoms with van der Waals surface area (Å²) in [5, 5.41) is 0. The molecule has 21 heavy (non-hydrogen) atoms. The number of methoxy groups -OCH3 is 1. The van der Waals surface area contributed by atoms with Crippen molar-refractivity contribution in [3.05, 3.63) is 23.8 Å². The second-order valence-electron chi connectivity index (χ2n) is 4.56. The van der Waals surface area contributed by atoms with E-state index in [1.165, 1.54) is 7.11 Å². The third kappa shape index (κ3) is 6.68. The van der Waals surface area contributed by atoms with E-state index in [1.807, 2.05) is 6.92 Å². The van der Waals surface area contributed by atoms with E-state index >= 15 is 0 Å². The van der Waals surface area contributed by atoms with Gasteiger partial charge in [-0.05, 0) is 13.0 Å². The van der Waals surface area contributed by atoms with Gasteiger partial charge in [-0.15, -0.1) is 0 Å². The first-order chi connectivity index (χ1) is 9.83. The Morgan fingerprint density at radius 1 is 1.24 bits per heavy atom. The Morgan fingerprint density at radius 3 is 2.52 bits per heavy atom. The first-order valence-corrected chi connectivity index (χ1v) is 6.54. The standard InChI is InChI=1S/C14H20F3NO3/c1-10(18)12-5-4-11(19-2)8-13(12)21-7-3-6-20-9-14(15,16)17/h4-5,8,10H,3,6-7,9,18H2,1-2H3. The lowest BCUT2D eigenvalue weighted by molar-refractivity contribution is -0.174. The molecule has 0 radical (unpaired) electrons. The summed E-state index contributed by atoms with van der Waals surface area (Å²) in [5.74, 6) is 1.20. The van der Waals surface area contributed by atoms with E-state index in [4.69, 9.17) is 15.2 Å². The lowest BCUT2D eigenvalue weighted by atomic mass is 10.1. The highest BCUT2D eigenvalue weighted by Gasteiger charge is 2.27. The highest BCUT2D eigenvalue weighted by Crippen LogP contribution is 2.28. The van der Waals surface area contributed by atoms with Crippen LogP contribution in [0.1, 0.15) is 24.9 Å². The maximum atomic E-state index is 11.9. The quantitative estimate of drug-likeness (QED) is 0.750. The van der Waals surface area contributed by atoms with Crippen molar-refractivity contribution in [2.75, 3.05) is 26.9 Å². The van der Waals surface area contributed by atoms with Gasteiger partial charge in [0.25, 0.3) is 0 Å². The predicted molar refractivity (Wildman–Crippen MR) is 72.6 cm³/mol. The minimum atomic E-state index is -4.30. The summed E-state index contributed by atoms with van der Waals surface area (Å²) in [7, 11) is 1.54. The van der Waals surface area contributed by atoms with Gasteiger partial charge in [-0.2, -0.15) is 13.2 Å². The summed E-state index contributed by atoms with van der Waals surface area (Å²) >= 11 is 0. The highest BCUT2D eigenvalue weighted by molar-refractivity contribution is 5.42. The monoisotopic (exact) mass is 307 g/mol. The molecular formula is C14H20F3NO3. The lowest BCUT2D eigenvalue weighted by Gasteiger charge is -2.15. The Labute approximate surface area is 122 Å². The normalized spacial score (nSPS) is 13.0. The van der Waals surface area contributed by atoms with Crippen molar-refractivity contribution in [2.45, 2.75) is 25.6 Å². The van der Waals surface area contributed by atoms with Crippen LogP contribution in [0, 0.1) is 0 Å². The van der Waals surface area contributed by atoms with Crippen LogP contribution in [0.25, 0.3) is 0 Å². The fourth-order valence-corrected chi connectivity index (χ4v) is 1.67. The maximum absolute atomic E-state index is 11.9. The predicted octanol–water partition coefficient (Wildman–Crippen LogP) is 3.06. The number of benzene rings is 1. The number of ether oxygens (including phenoxy) is 3. The molecule has 4 nitrogen and oxygen atoms in total. The van der Waals surface area contributed by atoms with Gasteiger partial charge in [-0.1, -0.05) is 6.07 Å². The Bertz CT molecular complexity index is 436. The Morgan fingerprint density at radius 2 is 1.95 bits per heavy atom. The van der Waals surface area contributed by atoms with E-state index in [2.05, 4.69) is 4.74 Å². The number of hydrogen-bond acceptors (Lipinski definition) is 4. The third-order valence-electron chi connectivity index (χ3n) is 2.67. The number of nitrogens with two attached hydrogens (primary N) is 1. The molecule has 0 spiro atoms. The Balaban J connectivity index is 2.43. The average molecular weight is 307 g/mol. The van der Waals surface area contributed by atoms with Gasteiger partial charge in [0, 0.05) is 24.1 Å². The molecule has 0 bridgehead atoms. The van der Waals surface area contributed by atoms with Gasteiger partial charge in [-0.25, -0.2) is 0 Å². The minimum absolute atomic E-state index is 0.0169. The molecule has 0 fully saturated rings. The smallest absolute Gasteiger partial charge is 0.411 e. The zero-order valence-electron chi connectivity index (χ0n) is 12.1. The minimum Gasteiger partial charge on any atom is -0.497 e. The zero-order chi connectivity index (χ0) is 15.9. The molecule has 2 N–H and O–H groups in total. The van der Waals surface area contributed by atoms with Crippen LogP contribution in [-0.4, -0.2) is 33.1 Å². The topological polar surface area (TPSA) is 53.7 Å². The van der Waals surface area contributed by atoms with E-state index in [1.54, 1.807) is 18.2 Å². The molecule has 0 saturated carbocycles. The molecular weight excluding hydrogens is 287 g/mol. The van der Waals surface area contributed by atoms with E-state index in [-0.39, 0.29) is 19.3 Å². The summed E-state index contributed by atoms with van der Waals surface area (Å²) in [5.41, 5.74) is 6.65. The SMILES string of the molecule is COc1ccc(C(C)N)c(OCCCOCC(F)(F)F)c1. The van der Waals surface area contributed by atoms with Crippen molar-refractivity contribution in [2.24, 2.45) is 5.73 Å². The summed E-state index contributed by atoms with van der Waals surface area (Å²) in [4.78, 5) is 0. The highest BCUT2D eigenvalue weighted by atomic mass is 19.4. The van der Waals surface area contributed by atoms with Gasteiger partial charge in [0.05, 0.1) is 20.3 Å². The third-order valence-corrected chi connectivity index (χ3v) is 2.67. The summed E-state index contributed by atoms with van der Waals surface area (Å²) in [6.45, 7) is 0.806. The molecule has 1 unspecified atom stereocenters. The molecule has 0 aliphatic heterocycles. The number of rotatable bonds is 8. The van der Waals surface area contributed by atoms with Crippen molar-refractivity contribution >= 4 is 0 Å². The molecule has 1 aromatic rings. The molecule has 0 saturated heterocycles. The van der Waals surface area contributed by atoms with Gasteiger partial charge in [0.15, 0.2) is 0 Å². The van der Waals surface area contributed by atoms with Crippen molar-refractivity contribution in [1.29, 1.82) is 0 Å². The van der Waals surface area contributed by atoms with Crippen molar-refractivity contribution in [1.82, 2.24) is 0 Å². The van der Waals surface area contributed by atoms with Crippen LogP contribution in [0.5, 0.6) is 11.5 Å². The van der Waals surface area contributed by atoms with Crippen molar-refractivity contribution < 1.29 is 27.4 Å². The molecule has 0 aromatic heterocycles. The molecule has 1 rings (SSSR count). The van der Waals surface area contributed by atoms with Crippen LogP contribution in [0.4, 0.5) is 13.2 Å². The van der Waals surface area contributed by atoms with Crippen LogP contribution in [-0.2, 0) is 4.74 Å². The van der Waals surface area contributed by atoms with Gasteiger partial charge < -0.3 is 19.9 Å². The molecule has 1 atom stereocenters. The van der Waals surface area contributed by atoms with E-state index < -0.39 is 12.8 Å². The van der Waals surface area contributed by atoms with E-state index in [0.717, 1.165) is 5.56 Å². The summed E-state index contributed by atoms with van der Waals surface area (Å²) in [6, 6.07) is 5.07. The molecule has 7 heteroatoms. The molecule has 0 amide bonds. The number of alkyl halides is 3. The van der Waals surface area contributed by atoms with Crippen LogP contribution in [0.15, 0.2) is 18.2 Å². The largest absolute Gasteiger partial charge is 0.497 e. The Kier molecular flexibility index (Phi) is 6.77. The average Bonchev–Trinajstić information content (AvgIpc) is 2.41. The van der Waals surface area contributed by atoms with E-state index in [9.17, 15) is 13.2 Å². The van der Waals surface area contributed by atoms with Gasteiger partial charge in [-0.3, -0.25) is 0 Å². The molecule has 0 heterocycles. The van der Waals surface area contributed by atoms with Gasteiger partial charge >= 0.3 is 6.18 Å². The molecule has 0 aliphatic carbocycles. The zero-order valence-corrected chi connectivity index (χ0v) is 12.1. The van der Waals surface area contributed by atoms with Crippen molar-refractivity contribution in [3.8, 4) is 11.5 Å². The van der Waals surface area contributed by atoms with Gasteiger partial charge in [0.2, 0.25) is 0 Å². The Hall–Kier alpha value is -1.47. The molecule has 1 aromatic carbocycles. The van der Waals surface area contributed by atoms with Gasteiger partial charge in [0.1, 0.15) is 18.1 Å². The van der Waals surface area contributed by atoms with Crippen LogP contribution in [0.2, 0.25) is 0 Å². The maximum Gasteiger partial charge on any atom is 0.411 e. The summed E-state index contributed by atoms with van der Waals surface area (Å²) in [6.07, 6.45) is -3.94. The second kappa shape index (κ2) is 8.09. The van der Waals surface area contributed by atoms with E-state index in [0.29, 0.717) is 17.9 Å². The van der Waals surface area contributed by atoms with Crippen LogP contribution < -0.4 is 15.2 Å². The van der Waals surface area contributed by atoms with Crippen LogP contribution in [0.3, 0.4) is 0 Å². The first kappa shape index (κ1) is 17.6. The number of halogens is 3. The molecule has 0 aliphatic rings. The molecule has 120 valence electrons. The first-order valence-electron chi connectivity index (χ1n) is 6.54. The van der Waals surface area contributed by atoms with Crippen molar-refractivity contribution in [3.63, 3.8) is 0 Å². The number of hydrogen-bond donors (Lipinski definition) is 1. The second-order valence-corrected chi connectivity index (χ2v) is 4.56. The van der Waals surface area contributed by atoms with Crippen LogP contribution >= 0.6 is 0 Å². The lowest BCUT2D eigenvalue weighted by Crippen LogP contribution is -2.18. The fraction of sp³-hybridized carbons (Fsp3) is 0.571.